The van der Waals surface area contributed by atoms with Gasteiger partial charge in [-0.3, -0.25) is 19.8 Å². The third kappa shape index (κ3) is 3.56. The van der Waals surface area contributed by atoms with E-state index in [0.717, 1.165) is 0 Å². The lowest BCUT2D eigenvalue weighted by Gasteiger charge is -2.19. The number of anilines is 1. The molecule has 1 aliphatic heterocycles. The number of carbonyl (C=O) groups is 3. The van der Waals surface area contributed by atoms with Gasteiger partial charge < -0.3 is 9.26 Å². The maximum absolute atomic E-state index is 12.6. The van der Waals surface area contributed by atoms with Crippen LogP contribution in [-0.4, -0.2) is 33.6 Å². The van der Waals surface area contributed by atoms with Gasteiger partial charge in [0.15, 0.2) is 11.4 Å². The number of hydrogen-bond donors (Lipinski definition) is 1. The predicted molar refractivity (Wildman–Crippen MR) is 105 cm³/mol. The van der Waals surface area contributed by atoms with E-state index in [0.29, 0.717) is 27.7 Å². The molecule has 0 bridgehead atoms. The number of benzene rings is 2. The fourth-order valence-electron chi connectivity index (χ4n) is 3.14. The molecule has 2 aromatic carbocycles. The van der Waals surface area contributed by atoms with Crippen LogP contribution in [0.2, 0.25) is 0 Å². The Morgan fingerprint density at radius 3 is 2.38 bits per heavy atom. The van der Waals surface area contributed by atoms with Crippen molar-refractivity contribution in [3.8, 4) is 0 Å². The average molecular weight is 393 g/mol. The number of hydrogen-bond acceptors (Lipinski definition) is 6. The van der Waals surface area contributed by atoms with Gasteiger partial charge in [-0.25, -0.2) is 4.79 Å². The number of nitrogens with zero attached hydrogens (tertiary/aromatic N) is 2. The molecule has 4 rings (SSSR count). The van der Waals surface area contributed by atoms with Gasteiger partial charge in [0, 0.05) is 0 Å². The van der Waals surface area contributed by atoms with E-state index >= 15 is 0 Å². The summed E-state index contributed by atoms with van der Waals surface area (Å²) in [6.07, 6.45) is -0.654. The van der Waals surface area contributed by atoms with Crippen LogP contribution < -0.4 is 5.32 Å². The standard InChI is InChI=1S/C21H19N3O5/c1-21(2,3)28-20(27)22-17-15-10-12(8-9-16(15)29-23-17)11-24-18(25)13-6-4-5-7-14(13)19(24)26/h4-10H,11H2,1-3H3,(H,22,23,27). The summed E-state index contributed by atoms with van der Waals surface area (Å²) < 4.78 is 10.5. The molecule has 0 aliphatic carbocycles. The summed E-state index contributed by atoms with van der Waals surface area (Å²) in [6.45, 7) is 5.37. The van der Waals surface area contributed by atoms with Crippen molar-refractivity contribution in [2.75, 3.05) is 5.32 Å². The zero-order valence-electron chi connectivity index (χ0n) is 16.2. The highest BCUT2D eigenvalue weighted by atomic mass is 16.6. The number of carbonyl (C=O) groups excluding carboxylic acids is 3. The minimum atomic E-state index is -0.654. The number of fused-ring (bicyclic) bond motifs is 2. The molecule has 148 valence electrons. The first kappa shape index (κ1) is 18.7. The van der Waals surface area contributed by atoms with Crippen LogP contribution in [0.25, 0.3) is 11.0 Å². The molecule has 0 fully saturated rings. The Morgan fingerprint density at radius 2 is 1.76 bits per heavy atom. The highest BCUT2D eigenvalue weighted by Crippen LogP contribution is 2.28. The van der Waals surface area contributed by atoms with Crippen molar-refractivity contribution in [3.63, 3.8) is 0 Å². The molecule has 1 aliphatic rings. The van der Waals surface area contributed by atoms with Gasteiger partial charge in [-0.05, 0) is 50.6 Å². The van der Waals surface area contributed by atoms with E-state index in [1.807, 2.05) is 0 Å². The van der Waals surface area contributed by atoms with E-state index < -0.39 is 11.7 Å². The van der Waals surface area contributed by atoms with Crippen LogP contribution >= 0.6 is 0 Å². The highest BCUT2D eigenvalue weighted by molar-refractivity contribution is 6.21. The number of ether oxygens (including phenoxy) is 1. The number of nitrogens with one attached hydrogen (secondary N) is 1. The van der Waals surface area contributed by atoms with Crippen molar-refractivity contribution in [1.82, 2.24) is 10.1 Å². The van der Waals surface area contributed by atoms with Crippen LogP contribution in [-0.2, 0) is 11.3 Å². The Bertz CT molecular complexity index is 1110. The third-order valence-electron chi connectivity index (χ3n) is 4.37. The molecule has 0 atom stereocenters. The van der Waals surface area contributed by atoms with E-state index in [1.54, 1.807) is 63.2 Å². The first-order valence-corrected chi connectivity index (χ1v) is 9.06. The summed E-state index contributed by atoms with van der Waals surface area (Å²) in [7, 11) is 0. The number of aromatic nitrogens is 1. The van der Waals surface area contributed by atoms with Crippen molar-refractivity contribution < 1.29 is 23.6 Å². The van der Waals surface area contributed by atoms with E-state index in [-0.39, 0.29) is 24.2 Å². The summed E-state index contributed by atoms with van der Waals surface area (Å²) in [5.41, 5.74) is 1.30. The van der Waals surface area contributed by atoms with E-state index in [2.05, 4.69) is 10.5 Å². The van der Waals surface area contributed by atoms with E-state index in [9.17, 15) is 14.4 Å². The van der Waals surface area contributed by atoms with Gasteiger partial charge in [0.2, 0.25) is 0 Å². The highest BCUT2D eigenvalue weighted by Gasteiger charge is 2.35. The number of rotatable bonds is 3. The van der Waals surface area contributed by atoms with Crippen molar-refractivity contribution in [1.29, 1.82) is 0 Å². The van der Waals surface area contributed by atoms with E-state index in [4.69, 9.17) is 9.26 Å². The molecule has 0 radical (unpaired) electrons. The van der Waals surface area contributed by atoms with Crippen molar-refractivity contribution in [3.05, 3.63) is 59.2 Å². The van der Waals surface area contributed by atoms with Crippen LogP contribution in [0.3, 0.4) is 0 Å². The van der Waals surface area contributed by atoms with Crippen LogP contribution in [0, 0.1) is 0 Å². The molecular weight excluding hydrogens is 374 g/mol. The maximum atomic E-state index is 12.6. The SMILES string of the molecule is CC(C)(C)OC(=O)Nc1noc2ccc(CN3C(=O)c4ccccc4C3=O)cc12. The molecule has 8 nitrogen and oxygen atoms in total. The minimum Gasteiger partial charge on any atom is -0.444 e. The normalized spacial score (nSPS) is 13.7. The van der Waals surface area contributed by atoms with Crippen LogP contribution in [0.5, 0.6) is 0 Å². The Hall–Kier alpha value is -3.68. The molecule has 1 aromatic heterocycles. The van der Waals surface area contributed by atoms with Gasteiger partial charge in [0.25, 0.3) is 11.8 Å². The zero-order chi connectivity index (χ0) is 20.8. The molecule has 0 saturated carbocycles. The Kier molecular flexibility index (Phi) is 4.34. The predicted octanol–water partition coefficient (Wildman–Crippen LogP) is 3.97. The first-order chi connectivity index (χ1) is 13.7. The molecule has 3 amide bonds. The lowest BCUT2D eigenvalue weighted by Crippen LogP contribution is -2.29. The fraction of sp³-hybridized carbons (Fsp3) is 0.238. The van der Waals surface area contributed by atoms with Crippen LogP contribution in [0.1, 0.15) is 47.1 Å². The van der Waals surface area contributed by atoms with Crippen LogP contribution in [0.4, 0.5) is 10.6 Å². The number of amides is 3. The molecule has 0 spiro atoms. The lowest BCUT2D eigenvalue weighted by atomic mass is 10.1. The Labute approximate surface area is 166 Å². The van der Waals surface area contributed by atoms with Gasteiger partial charge in [-0.2, -0.15) is 0 Å². The Balaban J connectivity index is 1.58. The minimum absolute atomic E-state index is 0.0966. The lowest BCUT2D eigenvalue weighted by molar-refractivity contribution is 0.0625. The monoisotopic (exact) mass is 393 g/mol. The third-order valence-corrected chi connectivity index (χ3v) is 4.37. The largest absolute Gasteiger partial charge is 0.444 e. The molecule has 0 saturated heterocycles. The second-order valence-corrected chi connectivity index (χ2v) is 7.73. The number of imide groups is 1. The average Bonchev–Trinajstić information content (AvgIpc) is 3.15. The molecule has 2 heterocycles. The fourth-order valence-corrected chi connectivity index (χ4v) is 3.14. The first-order valence-electron chi connectivity index (χ1n) is 9.06. The Morgan fingerprint density at radius 1 is 1.10 bits per heavy atom. The van der Waals surface area contributed by atoms with Crippen molar-refractivity contribution >= 4 is 34.7 Å². The van der Waals surface area contributed by atoms with Crippen molar-refractivity contribution in [2.45, 2.75) is 32.9 Å². The summed E-state index contributed by atoms with van der Waals surface area (Å²) in [4.78, 5) is 38.4. The molecule has 8 heteroatoms. The molecular formula is C21H19N3O5. The van der Waals surface area contributed by atoms with Gasteiger partial charge in [0.1, 0.15) is 5.60 Å². The zero-order valence-corrected chi connectivity index (χ0v) is 16.2. The van der Waals surface area contributed by atoms with Gasteiger partial charge >= 0.3 is 6.09 Å². The maximum Gasteiger partial charge on any atom is 0.413 e. The molecule has 0 unspecified atom stereocenters. The molecule has 29 heavy (non-hydrogen) atoms. The van der Waals surface area contributed by atoms with Crippen LogP contribution in [0.15, 0.2) is 47.0 Å². The quantitative estimate of drug-likeness (QED) is 0.676. The van der Waals surface area contributed by atoms with E-state index in [1.165, 1.54) is 4.90 Å². The second kappa shape index (κ2) is 6.73. The summed E-state index contributed by atoms with van der Waals surface area (Å²) >= 11 is 0. The van der Waals surface area contributed by atoms with Gasteiger partial charge in [-0.1, -0.05) is 23.4 Å². The smallest absolute Gasteiger partial charge is 0.413 e. The molecule has 3 aromatic rings. The summed E-state index contributed by atoms with van der Waals surface area (Å²) in [5.74, 6) is -0.454. The topological polar surface area (TPSA) is 102 Å². The second-order valence-electron chi connectivity index (χ2n) is 7.73. The summed E-state index contributed by atoms with van der Waals surface area (Å²) in [5, 5.41) is 6.97. The van der Waals surface area contributed by atoms with Gasteiger partial charge in [-0.15, -0.1) is 0 Å². The van der Waals surface area contributed by atoms with Crippen molar-refractivity contribution in [2.24, 2.45) is 0 Å². The molecule has 1 N–H and O–H groups in total. The van der Waals surface area contributed by atoms with Gasteiger partial charge in [0.05, 0.1) is 23.1 Å². The summed E-state index contributed by atoms with van der Waals surface area (Å²) in [6, 6.07) is 11.9.